The molecule has 2 heterocycles. The van der Waals surface area contributed by atoms with E-state index in [0.29, 0.717) is 41.1 Å². The van der Waals surface area contributed by atoms with Crippen molar-refractivity contribution < 1.29 is 13.9 Å². The van der Waals surface area contributed by atoms with Crippen LogP contribution in [0, 0.1) is 6.92 Å². The van der Waals surface area contributed by atoms with Gasteiger partial charge in [0.15, 0.2) is 5.76 Å². The van der Waals surface area contributed by atoms with Crippen molar-refractivity contribution in [2.24, 2.45) is 0 Å². The van der Waals surface area contributed by atoms with Crippen molar-refractivity contribution in [1.82, 2.24) is 15.1 Å². The Bertz CT molecular complexity index is 1060. The van der Waals surface area contributed by atoms with E-state index >= 15 is 0 Å². The summed E-state index contributed by atoms with van der Waals surface area (Å²) in [5.74, 6) is 1.43. The van der Waals surface area contributed by atoms with Crippen LogP contribution < -0.4 is 10.1 Å². The van der Waals surface area contributed by atoms with Crippen molar-refractivity contribution in [3.63, 3.8) is 0 Å². The van der Waals surface area contributed by atoms with Gasteiger partial charge in [-0.25, -0.2) is 0 Å². The van der Waals surface area contributed by atoms with Gasteiger partial charge in [0.05, 0.1) is 5.69 Å². The molecule has 1 aliphatic carbocycles. The molecule has 8 heteroatoms. The van der Waals surface area contributed by atoms with Gasteiger partial charge in [-0.2, -0.15) is 5.10 Å². The first-order valence-electron chi connectivity index (χ1n) is 10.0. The van der Waals surface area contributed by atoms with Crippen LogP contribution >= 0.6 is 23.2 Å². The molecule has 158 valence electrons. The Morgan fingerprint density at radius 1 is 1.23 bits per heavy atom. The predicted octanol–water partition coefficient (Wildman–Crippen LogP) is 4.98. The van der Waals surface area contributed by atoms with Gasteiger partial charge in [-0.05, 0) is 68.0 Å². The number of halogens is 2. The third-order valence-electron chi connectivity index (χ3n) is 5.16. The van der Waals surface area contributed by atoms with Gasteiger partial charge in [0.2, 0.25) is 0 Å². The molecule has 0 bridgehead atoms. The summed E-state index contributed by atoms with van der Waals surface area (Å²) in [5, 5.41) is 7.97. The third-order valence-corrected chi connectivity index (χ3v) is 6.10. The van der Waals surface area contributed by atoms with E-state index in [9.17, 15) is 4.79 Å². The van der Waals surface area contributed by atoms with Crippen molar-refractivity contribution in [2.75, 3.05) is 6.54 Å². The lowest BCUT2D eigenvalue weighted by atomic mass is 10.1. The summed E-state index contributed by atoms with van der Waals surface area (Å²) in [6.45, 7) is 3.11. The predicted molar refractivity (Wildman–Crippen MR) is 115 cm³/mol. The van der Waals surface area contributed by atoms with Gasteiger partial charge in [0.25, 0.3) is 5.91 Å². The number of amides is 1. The number of hydrogen-bond acceptors (Lipinski definition) is 4. The molecule has 1 aliphatic rings. The topological polar surface area (TPSA) is 69.3 Å². The van der Waals surface area contributed by atoms with Crippen LogP contribution in [0.1, 0.15) is 46.0 Å². The van der Waals surface area contributed by atoms with Gasteiger partial charge in [0.1, 0.15) is 28.3 Å². The maximum Gasteiger partial charge on any atom is 0.286 e. The highest BCUT2D eigenvalue weighted by molar-refractivity contribution is 6.41. The molecule has 6 nitrogen and oxygen atoms in total. The molecule has 0 aliphatic heterocycles. The molecule has 0 radical (unpaired) electrons. The number of carbonyl (C=O) groups excluding carboxylic acids is 1. The van der Waals surface area contributed by atoms with Crippen molar-refractivity contribution in [2.45, 2.75) is 45.8 Å². The van der Waals surface area contributed by atoms with Crippen LogP contribution in [0.25, 0.3) is 0 Å². The zero-order chi connectivity index (χ0) is 21.1. The molecule has 1 amide bonds. The first-order chi connectivity index (χ1) is 14.5. The fourth-order valence-electron chi connectivity index (χ4n) is 3.57. The molecule has 0 spiro atoms. The molecule has 0 saturated heterocycles. The number of aryl methyl sites for hydroxylation is 4. The molecular formula is C22H23Cl2N3O3. The van der Waals surface area contributed by atoms with Crippen molar-refractivity contribution >= 4 is 29.1 Å². The molecule has 0 atom stereocenters. The summed E-state index contributed by atoms with van der Waals surface area (Å²) in [7, 11) is 0. The summed E-state index contributed by atoms with van der Waals surface area (Å²) in [6, 6.07) is 9.63. The number of nitrogens with zero attached hydrogens (tertiary/aromatic N) is 2. The van der Waals surface area contributed by atoms with Crippen LogP contribution in [-0.4, -0.2) is 22.2 Å². The number of fused-ring (bicyclic) bond motifs is 1. The lowest BCUT2D eigenvalue weighted by Crippen LogP contribution is -2.25. The SMILES string of the molecule is Cc1nn(CCCNC(=O)c2ccc(COc3ccc4c(c3)CCC4)o2)c(Cl)c1Cl. The minimum absolute atomic E-state index is 0.263. The van der Waals surface area contributed by atoms with Crippen LogP contribution in [0.3, 0.4) is 0 Å². The number of nitrogens with one attached hydrogen (secondary N) is 1. The molecule has 0 fully saturated rings. The highest BCUT2D eigenvalue weighted by Gasteiger charge is 2.14. The van der Waals surface area contributed by atoms with Gasteiger partial charge in [-0.3, -0.25) is 9.48 Å². The van der Waals surface area contributed by atoms with Gasteiger partial charge in [-0.1, -0.05) is 29.3 Å². The zero-order valence-electron chi connectivity index (χ0n) is 16.7. The fourth-order valence-corrected chi connectivity index (χ4v) is 3.96. The number of aromatic nitrogens is 2. The Hall–Kier alpha value is -2.44. The third kappa shape index (κ3) is 4.65. The molecule has 3 aromatic rings. The van der Waals surface area contributed by atoms with Crippen molar-refractivity contribution in [3.05, 3.63) is 68.8 Å². The standard InChI is InChI=1S/C22H23Cl2N3O3/c1-14-20(23)21(24)27(26-14)11-3-10-25-22(28)19-9-8-18(30-19)13-29-17-7-6-15-4-2-5-16(15)12-17/h6-9,12H,2-5,10-11,13H2,1H3,(H,25,28). The van der Waals surface area contributed by atoms with Crippen LogP contribution in [0.4, 0.5) is 0 Å². The number of carbonyl (C=O) groups is 1. The van der Waals surface area contributed by atoms with E-state index in [1.54, 1.807) is 23.7 Å². The summed E-state index contributed by atoms with van der Waals surface area (Å²) in [4.78, 5) is 12.3. The maximum absolute atomic E-state index is 12.3. The van der Waals surface area contributed by atoms with Crippen molar-refractivity contribution in [1.29, 1.82) is 0 Å². The molecule has 2 aromatic heterocycles. The summed E-state index contributed by atoms with van der Waals surface area (Å²) >= 11 is 12.1. The van der Waals surface area contributed by atoms with Gasteiger partial charge < -0.3 is 14.5 Å². The van der Waals surface area contributed by atoms with E-state index in [1.165, 1.54) is 17.5 Å². The highest BCUT2D eigenvalue weighted by atomic mass is 35.5. The van der Waals surface area contributed by atoms with Crippen LogP contribution in [0.15, 0.2) is 34.7 Å². The normalized spacial score (nSPS) is 12.8. The smallest absolute Gasteiger partial charge is 0.286 e. The second kappa shape index (κ2) is 9.14. The van der Waals surface area contributed by atoms with E-state index in [2.05, 4.69) is 22.5 Å². The monoisotopic (exact) mass is 447 g/mol. The van der Waals surface area contributed by atoms with Gasteiger partial charge >= 0.3 is 0 Å². The maximum atomic E-state index is 12.3. The minimum Gasteiger partial charge on any atom is -0.486 e. The molecule has 0 saturated carbocycles. The zero-order valence-corrected chi connectivity index (χ0v) is 18.2. The van der Waals surface area contributed by atoms with Crippen LogP contribution in [-0.2, 0) is 26.0 Å². The Balaban J connectivity index is 1.23. The average Bonchev–Trinajstić information content (AvgIpc) is 3.46. The van der Waals surface area contributed by atoms with Crippen molar-refractivity contribution in [3.8, 4) is 5.75 Å². The molecule has 0 unspecified atom stereocenters. The van der Waals surface area contributed by atoms with E-state index < -0.39 is 0 Å². The molecule has 1 aromatic carbocycles. The number of hydrogen-bond donors (Lipinski definition) is 1. The summed E-state index contributed by atoms with van der Waals surface area (Å²) in [6.07, 6.45) is 4.13. The van der Waals surface area contributed by atoms with E-state index in [1.807, 2.05) is 6.07 Å². The first kappa shape index (κ1) is 20.8. The first-order valence-corrected chi connectivity index (χ1v) is 10.8. The Labute approximate surface area is 185 Å². The van der Waals surface area contributed by atoms with E-state index in [-0.39, 0.29) is 18.3 Å². The van der Waals surface area contributed by atoms with Gasteiger partial charge in [0, 0.05) is 13.1 Å². The lowest BCUT2D eigenvalue weighted by Gasteiger charge is -2.07. The Morgan fingerprint density at radius 3 is 2.87 bits per heavy atom. The number of rotatable bonds is 8. The van der Waals surface area contributed by atoms with Gasteiger partial charge in [-0.15, -0.1) is 0 Å². The number of ether oxygens (including phenoxy) is 1. The Morgan fingerprint density at radius 2 is 2.07 bits per heavy atom. The van der Waals surface area contributed by atoms with Crippen LogP contribution in [0.5, 0.6) is 5.75 Å². The number of furan rings is 1. The average molecular weight is 448 g/mol. The summed E-state index contributed by atoms with van der Waals surface area (Å²) < 4.78 is 13.1. The van der Waals surface area contributed by atoms with E-state index in [0.717, 1.165) is 18.6 Å². The molecular weight excluding hydrogens is 425 g/mol. The summed E-state index contributed by atoms with van der Waals surface area (Å²) in [5.41, 5.74) is 3.46. The fraction of sp³-hybridized carbons (Fsp3) is 0.364. The quantitative estimate of drug-likeness (QED) is 0.494. The lowest BCUT2D eigenvalue weighted by molar-refractivity contribution is 0.0921. The highest BCUT2D eigenvalue weighted by Crippen LogP contribution is 2.27. The van der Waals surface area contributed by atoms with Crippen LogP contribution in [0.2, 0.25) is 10.2 Å². The molecule has 4 rings (SSSR count). The number of benzene rings is 1. The second-order valence-corrected chi connectivity index (χ2v) is 8.10. The minimum atomic E-state index is -0.264. The largest absolute Gasteiger partial charge is 0.486 e. The molecule has 1 N–H and O–H groups in total. The van der Waals surface area contributed by atoms with E-state index in [4.69, 9.17) is 32.4 Å². The second-order valence-electron chi connectivity index (χ2n) is 7.36. The Kier molecular flexibility index (Phi) is 6.35. The molecule has 30 heavy (non-hydrogen) atoms.